The molecule has 2 heterocycles. The third kappa shape index (κ3) is 2.41. The Morgan fingerprint density at radius 3 is 2.80 bits per heavy atom. The average molecular weight is 351 g/mol. The van der Waals surface area contributed by atoms with Crippen LogP contribution in [0, 0.1) is 6.92 Å². The summed E-state index contributed by atoms with van der Waals surface area (Å²) in [7, 11) is 1.91. The van der Waals surface area contributed by atoms with Crippen LogP contribution in [-0.4, -0.2) is 14.9 Å². The van der Waals surface area contributed by atoms with Crippen LogP contribution in [-0.2, 0) is 13.5 Å². The van der Waals surface area contributed by atoms with E-state index in [4.69, 9.17) is 0 Å². The lowest BCUT2D eigenvalue weighted by Gasteiger charge is -2.09. The summed E-state index contributed by atoms with van der Waals surface area (Å²) in [5.74, 6) is 0. The topological polar surface area (TPSA) is 38.0 Å². The van der Waals surface area contributed by atoms with Gasteiger partial charge in [-0.1, -0.05) is 18.2 Å². The highest BCUT2D eigenvalue weighted by atomic mass is 79.9. The highest BCUT2D eigenvalue weighted by Crippen LogP contribution is 2.33. The lowest BCUT2D eigenvalue weighted by atomic mass is 10.1. The second kappa shape index (κ2) is 5.31. The molecule has 0 radical (unpaired) electrons. The minimum Gasteiger partial charge on any atom is -0.387 e. The summed E-state index contributed by atoms with van der Waals surface area (Å²) < 4.78 is 4.03. The summed E-state index contributed by atoms with van der Waals surface area (Å²) >= 11 is 5.19. The zero-order chi connectivity index (χ0) is 14.3. The zero-order valence-corrected chi connectivity index (χ0v) is 13.7. The van der Waals surface area contributed by atoms with E-state index in [0.29, 0.717) is 6.42 Å². The van der Waals surface area contributed by atoms with Gasteiger partial charge in [0.2, 0.25) is 0 Å². The third-order valence-corrected chi connectivity index (χ3v) is 5.67. The molecule has 104 valence electrons. The van der Waals surface area contributed by atoms with Gasteiger partial charge in [0.05, 0.1) is 22.0 Å². The monoisotopic (exact) mass is 350 g/mol. The highest BCUT2D eigenvalue weighted by Gasteiger charge is 2.18. The van der Waals surface area contributed by atoms with E-state index in [2.05, 4.69) is 39.2 Å². The number of nitrogens with zero attached hydrogens (tertiary/aromatic N) is 2. The molecule has 1 unspecified atom stereocenters. The molecule has 3 nitrogen and oxygen atoms in total. The Bertz CT molecular complexity index is 729. The van der Waals surface area contributed by atoms with Gasteiger partial charge < -0.3 is 5.11 Å². The first-order valence-corrected chi connectivity index (χ1v) is 8.01. The van der Waals surface area contributed by atoms with Crippen molar-refractivity contribution >= 4 is 37.4 Å². The van der Waals surface area contributed by atoms with E-state index in [1.54, 1.807) is 11.3 Å². The molecule has 20 heavy (non-hydrogen) atoms. The molecule has 0 fully saturated rings. The molecule has 0 aliphatic rings. The van der Waals surface area contributed by atoms with Crippen LogP contribution in [0.15, 0.2) is 34.8 Å². The first-order chi connectivity index (χ1) is 9.56. The van der Waals surface area contributed by atoms with E-state index in [1.807, 2.05) is 30.8 Å². The minimum absolute atomic E-state index is 0.501. The second-order valence-electron chi connectivity index (χ2n) is 4.88. The number of aromatic nitrogens is 2. The van der Waals surface area contributed by atoms with Gasteiger partial charge in [0.1, 0.15) is 0 Å². The fourth-order valence-corrected chi connectivity index (χ4v) is 3.90. The number of benzene rings is 1. The van der Waals surface area contributed by atoms with Crippen LogP contribution in [0.1, 0.15) is 22.4 Å². The molecule has 1 atom stereocenters. The number of aryl methyl sites for hydroxylation is 2. The van der Waals surface area contributed by atoms with Gasteiger partial charge in [-0.15, -0.1) is 11.3 Å². The number of aliphatic hydroxyl groups excluding tert-OH is 1. The van der Waals surface area contributed by atoms with Crippen LogP contribution >= 0.6 is 27.3 Å². The third-order valence-electron chi connectivity index (χ3n) is 3.42. The van der Waals surface area contributed by atoms with Crippen molar-refractivity contribution in [3.05, 3.63) is 51.1 Å². The average Bonchev–Trinajstić information content (AvgIpc) is 2.95. The molecular weight excluding hydrogens is 336 g/mol. The Kier molecular flexibility index (Phi) is 3.67. The molecule has 0 saturated heterocycles. The minimum atomic E-state index is -0.501. The van der Waals surface area contributed by atoms with Gasteiger partial charge in [-0.05, 0) is 40.4 Å². The maximum atomic E-state index is 10.5. The zero-order valence-electron chi connectivity index (χ0n) is 11.3. The first-order valence-electron chi connectivity index (χ1n) is 6.41. The molecular formula is C15H15BrN2OS. The summed E-state index contributed by atoms with van der Waals surface area (Å²) in [6.45, 7) is 1.96. The van der Waals surface area contributed by atoms with E-state index in [0.717, 1.165) is 20.7 Å². The van der Waals surface area contributed by atoms with Gasteiger partial charge in [0, 0.05) is 23.0 Å². The van der Waals surface area contributed by atoms with Crippen molar-refractivity contribution in [1.82, 2.24) is 9.78 Å². The smallest absolute Gasteiger partial charge is 0.0937 e. The molecule has 0 spiro atoms. The van der Waals surface area contributed by atoms with E-state index in [1.165, 1.54) is 10.1 Å². The Morgan fingerprint density at radius 1 is 1.40 bits per heavy atom. The number of aliphatic hydroxyl groups is 1. The van der Waals surface area contributed by atoms with Crippen LogP contribution in [0.25, 0.3) is 10.1 Å². The Morgan fingerprint density at radius 2 is 2.15 bits per heavy atom. The number of hydrogen-bond donors (Lipinski definition) is 1. The normalized spacial score (nSPS) is 13.0. The summed E-state index contributed by atoms with van der Waals surface area (Å²) in [4.78, 5) is 0.997. The molecule has 3 aromatic rings. The molecule has 3 rings (SSSR count). The molecule has 0 amide bonds. The molecule has 2 aromatic heterocycles. The van der Waals surface area contributed by atoms with Crippen molar-refractivity contribution in [3.63, 3.8) is 0 Å². The van der Waals surface area contributed by atoms with Crippen molar-refractivity contribution in [1.29, 1.82) is 0 Å². The maximum absolute atomic E-state index is 10.5. The van der Waals surface area contributed by atoms with Crippen LogP contribution < -0.4 is 0 Å². The van der Waals surface area contributed by atoms with Crippen molar-refractivity contribution in [2.75, 3.05) is 0 Å². The van der Waals surface area contributed by atoms with Gasteiger partial charge in [0.15, 0.2) is 0 Å². The van der Waals surface area contributed by atoms with E-state index in [-0.39, 0.29) is 0 Å². The summed E-state index contributed by atoms with van der Waals surface area (Å²) in [6, 6.07) is 10.3. The van der Waals surface area contributed by atoms with Crippen LogP contribution in [0.3, 0.4) is 0 Å². The lowest BCUT2D eigenvalue weighted by Crippen LogP contribution is -2.05. The maximum Gasteiger partial charge on any atom is 0.0937 e. The summed E-state index contributed by atoms with van der Waals surface area (Å²) in [6.07, 6.45) is 0.0589. The standard InChI is InChI=1S/C15H15BrN2OS/c1-9-15(16)11(18(2)17-9)8-12(19)14-7-10-5-3-4-6-13(10)20-14/h3-7,12,19H,8H2,1-2H3. The van der Waals surface area contributed by atoms with Gasteiger partial charge in [-0.25, -0.2) is 0 Å². The number of hydrogen-bond acceptors (Lipinski definition) is 3. The number of thiophene rings is 1. The number of rotatable bonds is 3. The molecule has 0 aliphatic heterocycles. The van der Waals surface area contributed by atoms with Gasteiger partial charge >= 0.3 is 0 Å². The molecule has 0 aliphatic carbocycles. The first kappa shape index (κ1) is 13.8. The number of fused-ring (bicyclic) bond motifs is 1. The molecule has 0 saturated carbocycles. The molecule has 1 aromatic carbocycles. The largest absolute Gasteiger partial charge is 0.387 e. The SMILES string of the molecule is Cc1nn(C)c(CC(O)c2cc3ccccc3s2)c1Br. The highest BCUT2D eigenvalue weighted by molar-refractivity contribution is 9.10. The van der Waals surface area contributed by atoms with Crippen molar-refractivity contribution in [2.24, 2.45) is 7.05 Å². The van der Waals surface area contributed by atoms with E-state index >= 15 is 0 Å². The van der Waals surface area contributed by atoms with Crippen molar-refractivity contribution in [2.45, 2.75) is 19.4 Å². The molecule has 1 N–H and O–H groups in total. The summed E-state index contributed by atoms with van der Waals surface area (Å²) in [5.41, 5.74) is 1.97. The predicted molar refractivity (Wildman–Crippen MR) is 86.1 cm³/mol. The van der Waals surface area contributed by atoms with Crippen LogP contribution in [0.4, 0.5) is 0 Å². The molecule has 5 heteroatoms. The lowest BCUT2D eigenvalue weighted by molar-refractivity contribution is 0.179. The Hall–Kier alpha value is -1.17. The Labute approximate surface area is 130 Å². The predicted octanol–water partition coefficient (Wildman–Crippen LogP) is 3.98. The van der Waals surface area contributed by atoms with Crippen LogP contribution in [0.5, 0.6) is 0 Å². The van der Waals surface area contributed by atoms with Crippen molar-refractivity contribution in [3.8, 4) is 0 Å². The van der Waals surface area contributed by atoms with Crippen LogP contribution in [0.2, 0.25) is 0 Å². The quantitative estimate of drug-likeness (QED) is 0.775. The van der Waals surface area contributed by atoms with E-state index < -0.39 is 6.10 Å². The second-order valence-corrected chi connectivity index (χ2v) is 6.78. The van der Waals surface area contributed by atoms with Gasteiger partial charge in [0.25, 0.3) is 0 Å². The summed E-state index contributed by atoms with van der Waals surface area (Å²) in [5, 5.41) is 16.0. The fraction of sp³-hybridized carbons (Fsp3) is 0.267. The number of halogens is 1. The van der Waals surface area contributed by atoms with Gasteiger partial charge in [-0.3, -0.25) is 4.68 Å². The van der Waals surface area contributed by atoms with E-state index in [9.17, 15) is 5.11 Å². The molecule has 0 bridgehead atoms. The van der Waals surface area contributed by atoms with Crippen molar-refractivity contribution < 1.29 is 5.11 Å². The fourth-order valence-electron chi connectivity index (χ4n) is 2.35. The Balaban J connectivity index is 1.90. The van der Waals surface area contributed by atoms with Gasteiger partial charge in [-0.2, -0.15) is 5.10 Å².